The van der Waals surface area contributed by atoms with Crippen molar-refractivity contribution in [2.75, 3.05) is 24.1 Å². The molecule has 4 rings (SSSR count). The first kappa shape index (κ1) is 33.2. The second-order valence-corrected chi connectivity index (χ2v) is 12.3. The highest BCUT2D eigenvalue weighted by atomic mass is 32.2. The van der Waals surface area contributed by atoms with Crippen LogP contribution >= 0.6 is 0 Å². The van der Waals surface area contributed by atoms with Gasteiger partial charge in [0.25, 0.3) is 15.6 Å². The van der Waals surface area contributed by atoms with Gasteiger partial charge in [-0.15, -0.1) is 0 Å². The fraction of sp³-hybridized carbons (Fsp3) is 0.462. The molecule has 0 radical (unpaired) electrons. The summed E-state index contributed by atoms with van der Waals surface area (Å²) in [6, 6.07) is 2.47. The number of sulfonamides is 1. The molecule has 44 heavy (non-hydrogen) atoms. The number of hydrogen-bond donors (Lipinski definition) is 3. The number of carboxylic acid groups (broad SMARTS) is 1. The van der Waals surface area contributed by atoms with Crippen molar-refractivity contribution in [3.05, 3.63) is 59.4 Å². The van der Waals surface area contributed by atoms with Gasteiger partial charge in [0, 0.05) is 31.0 Å². The minimum absolute atomic E-state index is 0.205. The maximum absolute atomic E-state index is 13.8. The zero-order chi connectivity index (χ0) is 32.8. The molecule has 2 heterocycles. The van der Waals surface area contributed by atoms with Gasteiger partial charge in [0.1, 0.15) is 5.82 Å². The largest absolute Gasteiger partial charge is 0.465 e. The first-order valence-electron chi connectivity index (χ1n) is 12.9. The fourth-order valence-corrected chi connectivity index (χ4v) is 7.12. The van der Waals surface area contributed by atoms with Crippen LogP contribution in [0.3, 0.4) is 0 Å². The van der Waals surface area contributed by atoms with Gasteiger partial charge >= 0.3 is 18.4 Å². The fourth-order valence-electron chi connectivity index (χ4n) is 5.41. The first-order valence-corrected chi connectivity index (χ1v) is 14.4. The molecule has 0 aliphatic carbocycles. The number of carbonyl (C=O) groups excluding carboxylic acids is 1. The van der Waals surface area contributed by atoms with E-state index in [4.69, 9.17) is 0 Å². The molecule has 0 aromatic heterocycles. The number of hydrogen-bond acceptors (Lipinski definition) is 5. The second-order valence-electron chi connectivity index (χ2n) is 10.5. The number of benzene rings is 2. The van der Waals surface area contributed by atoms with Crippen molar-refractivity contribution < 1.29 is 63.3 Å². The third kappa shape index (κ3) is 6.00. The quantitative estimate of drug-likeness (QED) is 0.385. The molecule has 1 saturated heterocycles. The van der Waals surface area contributed by atoms with Crippen LogP contribution in [0.25, 0.3) is 0 Å². The van der Waals surface area contributed by atoms with Crippen LogP contribution in [0.15, 0.2) is 47.4 Å². The van der Waals surface area contributed by atoms with E-state index in [-0.39, 0.29) is 43.2 Å². The Morgan fingerprint density at radius 3 is 2.14 bits per heavy atom. The molecule has 9 nitrogen and oxygen atoms in total. The SMILES string of the molecule is O=C(CC1CCc2cc(C(O)(C(F)(F)F)C(F)(F)F)ccc2N1S(=O)(=O)c1ccc(F)cc1)NC1CN(C(=O)O)CC1CF. The van der Waals surface area contributed by atoms with Crippen LogP contribution in [0.1, 0.15) is 24.0 Å². The number of nitrogens with zero attached hydrogens (tertiary/aromatic N) is 2. The van der Waals surface area contributed by atoms with Crippen LogP contribution in [0, 0.1) is 11.7 Å². The highest BCUT2D eigenvalue weighted by molar-refractivity contribution is 7.92. The van der Waals surface area contributed by atoms with E-state index in [0.717, 1.165) is 29.2 Å². The summed E-state index contributed by atoms with van der Waals surface area (Å²) in [4.78, 5) is 24.7. The predicted molar refractivity (Wildman–Crippen MR) is 136 cm³/mol. The number of fused-ring (bicyclic) bond motifs is 1. The molecule has 18 heteroatoms. The molecule has 2 aliphatic heterocycles. The van der Waals surface area contributed by atoms with Crippen molar-refractivity contribution in [3.8, 4) is 0 Å². The van der Waals surface area contributed by atoms with E-state index in [2.05, 4.69) is 5.32 Å². The van der Waals surface area contributed by atoms with Gasteiger partial charge in [0.2, 0.25) is 5.91 Å². The Bertz CT molecular complexity index is 1500. The van der Waals surface area contributed by atoms with Gasteiger partial charge in [0.05, 0.1) is 29.3 Å². The van der Waals surface area contributed by atoms with Crippen molar-refractivity contribution in [2.24, 2.45) is 5.92 Å². The number of halogens is 8. The maximum atomic E-state index is 13.8. The van der Waals surface area contributed by atoms with Crippen LogP contribution in [0.5, 0.6) is 0 Å². The Balaban J connectivity index is 1.73. The van der Waals surface area contributed by atoms with E-state index >= 15 is 0 Å². The second kappa shape index (κ2) is 11.7. The molecule has 2 aromatic carbocycles. The lowest BCUT2D eigenvalue weighted by molar-refractivity contribution is -0.376. The first-order chi connectivity index (χ1) is 20.3. The Morgan fingerprint density at radius 1 is 0.977 bits per heavy atom. The monoisotopic (exact) mass is 659 g/mol. The molecule has 2 amide bonds. The molecule has 0 saturated carbocycles. The maximum Gasteiger partial charge on any atom is 0.430 e. The van der Waals surface area contributed by atoms with Crippen molar-refractivity contribution in [2.45, 2.75) is 54.2 Å². The molecule has 3 N–H and O–H groups in total. The third-order valence-electron chi connectivity index (χ3n) is 7.68. The summed E-state index contributed by atoms with van der Waals surface area (Å²) in [5.74, 6) is -2.52. The number of likely N-dealkylation sites (tertiary alicyclic amines) is 1. The van der Waals surface area contributed by atoms with E-state index in [0.29, 0.717) is 16.4 Å². The number of rotatable bonds is 7. The summed E-state index contributed by atoms with van der Waals surface area (Å²) in [7, 11) is -4.72. The Kier molecular flexibility index (Phi) is 8.82. The van der Waals surface area contributed by atoms with Gasteiger partial charge in [-0.3, -0.25) is 13.5 Å². The van der Waals surface area contributed by atoms with Gasteiger partial charge in [-0.25, -0.2) is 17.6 Å². The van der Waals surface area contributed by atoms with E-state index < -0.39 is 87.4 Å². The van der Waals surface area contributed by atoms with Crippen LogP contribution in [-0.4, -0.2) is 79.7 Å². The molecular weight excluding hydrogens is 634 g/mol. The molecule has 242 valence electrons. The van der Waals surface area contributed by atoms with E-state index in [1.807, 2.05) is 0 Å². The topological polar surface area (TPSA) is 127 Å². The van der Waals surface area contributed by atoms with Crippen molar-refractivity contribution in [3.63, 3.8) is 0 Å². The van der Waals surface area contributed by atoms with Crippen LogP contribution in [0.2, 0.25) is 0 Å². The van der Waals surface area contributed by atoms with Gasteiger partial charge in [-0.2, -0.15) is 26.3 Å². The number of alkyl halides is 7. The molecular formula is C26H25F8N3O6S. The van der Waals surface area contributed by atoms with Crippen LogP contribution in [0.4, 0.5) is 45.6 Å². The Morgan fingerprint density at radius 2 is 1.59 bits per heavy atom. The minimum atomic E-state index is -6.19. The van der Waals surface area contributed by atoms with Gasteiger partial charge in [-0.05, 0) is 48.7 Å². The molecule has 1 fully saturated rings. The number of carbonyl (C=O) groups is 2. The number of anilines is 1. The van der Waals surface area contributed by atoms with E-state index in [1.54, 1.807) is 0 Å². The highest BCUT2D eigenvalue weighted by Crippen LogP contribution is 2.51. The van der Waals surface area contributed by atoms with E-state index in [9.17, 15) is 63.3 Å². The summed E-state index contributed by atoms with van der Waals surface area (Å²) in [5, 5.41) is 21.5. The number of aliphatic hydroxyl groups is 1. The standard InChI is InChI=1S/C26H25F8N3O6S/c27-11-15-12-36(23(39)40)13-20(15)35-22(38)10-18-5-1-14-9-16(24(41,25(29,30)31)26(32,33)34)2-8-21(14)37(18)44(42,43)19-6-3-17(28)4-7-19/h2-4,6-9,15,18,20,41H,1,5,10-13H2,(H,35,38)(H,39,40). The van der Waals surface area contributed by atoms with Crippen molar-refractivity contribution in [1.82, 2.24) is 10.2 Å². The molecule has 3 unspecified atom stereocenters. The Labute approximate surface area is 245 Å². The zero-order valence-electron chi connectivity index (χ0n) is 22.4. The normalized spacial score (nSPS) is 21.2. The average Bonchev–Trinajstić information content (AvgIpc) is 3.34. The summed E-state index contributed by atoms with van der Waals surface area (Å²) in [6.07, 6.45) is -14.9. The van der Waals surface area contributed by atoms with Crippen molar-refractivity contribution in [1.29, 1.82) is 0 Å². The summed E-state index contributed by atoms with van der Waals surface area (Å²) in [6.45, 7) is -1.42. The molecule has 0 bridgehead atoms. The number of aryl methyl sites for hydroxylation is 1. The highest BCUT2D eigenvalue weighted by Gasteiger charge is 2.71. The van der Waals surface area contributed by atoms with E-state index in [1.165, 1.54) is 0 Å². The molecule has 0 spiro atoms. The van der Waals surface area contributed by atoms with Crippen LogP contribution < -0.4 is 9.62 Å². The number of amides is 2. The molecule has 3 atom stereocenters. The minimum Gasteiger partial charge on any atom is -0.465 e. The lowest BCUT2D eigenvalue weighted by Gasteiger charge is -2.39. The average molecular weight is 660 g/mol. The van der Waals surface area contributed by atoms with Gasteiger partial charge < -0.3 is 20.4 Å². The van der Waals surface area contributed by atoms with Crippen LogP contribution in [-0.2, 0) is 26.8 Å². The molecule has 2 aromatic rings. The van der Waals surface area contributed by atoms with Gasteiger partial charge in [0.15, 0.2) is 0 Å². The summed E-state index contributed by atoms with van der Waals surface area (Å²) in [5.41, 5.74) is -7.58. The summed E-state index contributed by atoms with van der Waals surface area (Å²) >= 11 is 0. The lowest BCUT2D eigenvalue weighted by atomic mass is 9.87. The third-order valence-corrected chi connectivity index (χ3v) is 9.56. The van der Waals surface area contributed by atoms with Gasteiger partial charge in [-0.1, -0.05) is 12.1 Å². The smallest absolute Gasteiger partial charge is 0.430 e. The Hall–Kier alpha value is -3.67. The zero-order valence-corrected chi connectivity index (χ0v) is 23.2. The number of nitrogens with one attached hydrogen (secondary N) is 1. The van der Waals surface area contributed by atoms with Crippen molar-refractivity contribution >= 4 is 27.7 Å². The summed E-state index contributed by atoms with van der Waals surface area (Å²) < 4.78 is 136. The molecule has 2 aliphatic rings. The predicted octanol–water partition coefficient (Wildman–Crippen LogP) is 4.10. The lowest BCUT2D eigenvalue weighted by Crippen LogP contribution is -2.54.